The van der Waals surface area contributed by atoms with E-state index in [0.29, 0.717) is 13.2 Å². The summed E-state index contributed by atoms with van der Waals surface area (Å²) in [6.07, 6.45) is 3.89. The van der Waals surface area contributed by atoms with Crippen molar-refractivity contribution < 1.29 is 14.3 Å². The van der Waals surface area contributed by atoms with Crippen molar-refractivity contribution in [3.05, 3.63) is 0 Å². The van der Waals surface area contributed by atoms with Crippen LogP contribution in [0, 0.1) is 11.8 Å². The van der Waals surface area contributed by atoms with Crippen molar-refractivity contribution in [1.82, 2.24) is 10.2 Å². The molecule has 3 rings (SSSR count). The van der Waals surface area contributed by atoms with Crippen LogP contribution in [0.3, 0.4) is 0 Å². The minimum absolute atomic E-state index is 0.0354. The van der Waals surface area contributed by atoms with Crippen LogP contribution >= 0.6 is 0 Å². The molecule has 0 bridgehead atoms. The molecule has 3 unspecified atom stereocenters. The molecule has 2 saturated heterocycles. The summed E-state index contributed by atoms with van der Waals surface area (Å²) in [5, 5.41) is 3.23. The molecule has 18 heavy (non-hydrogen) atoms. The first-order valence-corrected chi connectivity index (χ1v) is 6.95. The number of morpholine rings is 1. The number of fused-ring (bicyclic) bond motifs is 1. The molecule has 0 aromatic rings. The second kappa shape index (κ2) is 4.97. The number of ether oxygens (including phenoxy) is 1. The molecule has 2 amide bonds. The number of rotatable bonds is 2. The molecular formula is C13H20N2O3. The molecule has 1 saturated carbocycles. The Morgan fingerprint density at radius 1 is 1.17 bits per heavy atom. The summed E-state index contributed by atoms with van der Waals surface area (Å²) >= 11 is 0. The highest BCUT2D eigenvalue weighted by Gasteiger charge is 2.48. The van der Waals surface area contributed by atoms with Gasteiger partial charge in [0.25, 0.3) is 0 Å². The molecule has 2 heterocycles. The predicted octanol–water partition coefficient (Wildman–Crippen LogP) is 0.150. The third-order valence-corrected chi connectivity index (χ3v) is 4.32. The number of amides is 2. The van der Waals surface area contributed by atoms with Gasteiger partial charge >= 0.3 is 0 Å². The lowest BCUT2D eigenvalue weighted by Gasteiger charge is -2.27. The van der Waals surface area contributed by atoms with Crippen molar-refractivity contribution in [2.45, 2.75) is 31.8 Å². The van der Waals surface area contributed by atoms with Crippen LogP contribution in [0.1, 0.15) is 25.7 Å². The van der Waals surface area contributed by atoms with Gasteiger partial charge in [-0.05, 0) is 12.8 Å². The van der Waals surface area contributed by atoms with E-state index in [1.165, 1.54) is 4.90 Å². The Labute approximate surface area is 107 Å². The summed E-state index contributed by atoms with van der Waals surface area (Å²) in [5.41, 5.74) is 0. The van der Waals surface area contributed by atoms with Crippen molar-refractivity contribution in [3.63, 3.8) is 0 Å². The molecule has 5 nitrogen and oxygen atoms in total. The quantitative estimate of drug-likeness (QED) is 0.711. The van der Waals surface area contributed by atoms with Crippen LogP contribution in [0.2, 0.25) is 0 Å². The Hall–Kier alpha value is -0.940. The van der Waals surface area contributed by atoms with Crippen LogP contribution in [0.4, 0.5) is 0 Å². The molecule has 1 aliphatic carbocycles. The Bertz CT molecular complexity index is 328. The first-order chi connectivity index (χ1) is 8.77. The van der Waals surface area contributed by atoms with Crippen LogP contribution in [0.25, 0.3) is 0 Å². The molecule has 0 aromatic carbocycles. The van der Waals surface area contributed by atoms with Crippen molar-refractivity contribution in [2.75, 3.05) is 26.2 Å². The van der Waals surface area contributed by atoms with E-state index in [-0.39, 0.29) is 29.8 Å². The van der Waals surface area contributed by atoms with E-state index >= 15 is 0 Å². The number of nitrogens with zero attached hydrogens (tertiary/aromatic N) is 1. The summed E-state index contributed by atoms with van der Waals surface area (Å²) in [5.74, 6) is 0.00310. The standard InChI is InChI=1S/C13H20N2O3/c16-12-10-3-1-2-4-11(10)13(17)15(12)8-9-7-14-5-6-18-9/h9-11,14H,1-8H2. The molecule has 5 heteroatoms. The highest BCUT2D eigenvalue weighted by molar-refractivity contribution is 6.05. The Balaban J connectivity index is 1.68. The summed E-state index contributed by atoms with van der Waals surface area (Å²) < 4.78 is 5.58. The van der Waals surface area contributed by atoms with Crippen LogP contribution < -0.4 is 5.32 Å². The van der Waals surface area contributed by atoms with Gasteiger partial charge < -0.3 is 10.1 Å². The molecule has 1 N–H and O–H groups in total. The minimum atomic E-state index is -0.0391. The van der Waals surface area contributed by atoms with Crippen molar-refractivity contribution in [1.29, 1.82) is 0 Å². The number of nitrogens with one attached hydrogen (secondary N) is 1. The lowest BCUT2D eigenvalue weighted by molar-refractivity contribution is -0.142. The van der Waals surface area contributed by atoms with Crippen molar-refractivity contribution in [3.8, 4) is 0 Å². The van der Waals surface area contributed by atoms with Crippen LogP contribution in [-0.4, -0.2) is 49.1 Å². The smallest absolute Gasteiger partial charge is 0.233 e. The van der Waals surface area contributed by atoms with Gasteiger partial charge in [-0.15, -0.1) is 0 Å². The minimum Gasteiger partial charge on any atom is -0.374 e. The number of carbonyl (C=O) groups excluding carboxylic acids is 2. The number of hydrogen-bond donors (Lipinski definition) is 1. The van der Waals surface area contributed by atoms with Gasteiger partial charge in [-0.1, -0.05) is 12.8 Å². The average molecular weight is 252 g/mol. The fraction of sp³-hybridized carbons (Fsp3) is 0.846. The summed E-state index contributed by atoms with van der Waals surface area (Å²) in [6.45, 7) is 2.67. The summed E-state index contributed by atoms with van der Waals surface area (Å²) in [6, 6.07) is 0. The lowest BCUT2D eigenvalue weighted by atomic mass is 9.81. The molecule has 100 valence electrons. The molecule has 3 fully saturated rings. The third kappa shape index (κ3) is 2.06. The molecule has 0 spiro atoms. The molecule has 0 aromatic heterocycles. The monoisotopic (exact) mass is 252 g/mol. The molecule has 0 radical (unpaired) electrons. The lowest BCUT2D eigenvalue weighted by Crippen LogP contribution is -2.47. The normalized spacial score (nSPS) is 36.9. The van der Waals surface area contributed by atoms with Gasteiger partial charge in [0.05, 0.1) is 31.1 Å². The van der Waals surface area contributed by atoms with Crippen molar-refractivity contribution in [2.24, 2.45) is 11.8 Å². The highest BCUT2D eigenvalue weighted by Crippen LogP contribution is 2.38. The maximum absolute atomic E-state index is 12.3. The topological polar surface area (TPSA) is 58.6 Å². The largest absolute Gasteiger partial charge is 0.374 e. The van der Waals surface area contributed by atoms with Crippen LogP contribution in [-0.2, 0) is 14.3 Å². The number of carbonyl (C=O) groups is 2. The predicted molar refractivity (Wildman–Crippen MR) is 64.8 cm³/mol. The highest BCUT2D eigenvalue weighted by atomic mass is 16.5. The van der Waals surface area contributed by atoms with Gasteiger partial charge in [0.15, 0.2) is 0 Å². The number of imide groups is 1. The Morgan fingerprint density at radius 3 is 2.39 bits per heavy atom. The van der Waals surface area contributed by atoms with E-state index in [1.807, 2.05) is 0 Å². The summed E-state index contributed by atoms with van der Waals surface area (Å²) in [4.78, 5) is 26.0. The Morgan fingerprint density at radius 2 is 1.83 bits per heavy atom. The van der Waals surface area contributed by atoms with E-state index in [4.69, 9.17) is 4.74 Å². The first-order valence-electron chi connectivity index (χ1n) is 6.95. The second-order valence-electron chi connectivity index (χ2n) is 5.48. The van der Waals surface area contributed by atoms with Crippen molar-refractivity contribution >= 4 is 11.8 Å². The third-order valence-electron chi connectivity index (χ3n) is 4.32. The molecule has 3 aliphatic rings. The average Bonchev–Trinajstić information content (AvgIpc) is 2.66. The number of likely N-dealkylation sites (tertiary alicyclic amines) is 1. The van der Waals surface area contributed by atoms with E-state index in [2.05, 4.69) is 5.32 Å². The fourth-order valence-corrected chi connectivity index (χ4v) is 3.35. The van der Waals surface area contributed by atoms with Gasteiger partial charge in [-0.25, -0.2) is 0 Å². The zero-order valence-electron chi connectivity index (χ0n) is 10.6. The SMILES string of the molecule is O=C1C2CCCCC2C(=O)N1CC1CNCCO1. The van der Waals surface area contributed by atoms with Crippen LogP contribution in [0.5, 0.6) is 0 Å². The zero-order chi connectivity index (χ0) is 12.5. The van der Waals surface area contributed by atoms with Gasteiger partial charge in [-0.3, -0.25) is 14.5 Å². The zero-order valence-corrected chi connectivity index (χ0v) is 10.6. The first kappa shape index (κ1) is 12.1. The maximum Gasteiger partial charge on any atom is 0.233 e. The fourth-order valence-electron chi connectivity index (χ4n) is 3.35. The molecule has 3 atom stereocenters. The maximum atomic E-state index is 12.3. The summed E-state index contributed by atoms with van der Waals surface area (Å²) in [7, 11) is 0. The van der Waals surface area contributed by atoms with E-state index in [9.17, 15) is 9.59 Å². The van der Waals surface area contributed by atoms with Gasteiger partial charge in [0.1, 0.15) is 0 Å². The van der Waals surface area contributed by atoms with Gasteiger partial charge in [0.2, 0.25) is 11.8 Å². The van der Waals surface area contributed by atoms with E-state index in [1.54, 1.807) is 0 Å². The van der Waals surface area contributed by atoms with Crippen LogP contribution in [0.15, 0.2) is 0 Å². The van der Waals surface area contributed by atoms with E-state index in [0.717, 1.165) is 38.8 Å². The number of hydrogen-bond acceptors (Lipinski definition) is 4. The molecule has 2 aliphatic heterocycles. The Kier molecular flexibility index (Phi) is 3.35. The van der Waals surface area contributed by atoms with Gasteiger partial charge in [0, 0.05) is 13.1 Å². The van der Waals surface area contributed by atoms with Gasteiger partial charge in [-0.2, -0.15) is 0 Å². The molecular weight excluding hydrogens is 232 g/mol. The second-order valence-corrected chi connectivity index (χ2v) is 5.48. The van der Waals surface area contributed by atoms with E-state index < -0.39 is 0 Å².